The molecule has 4 aromatic rings. The molecule has 0 aromatic heterocycles. The van der Waals surface area contributed by atoms with Crippen molar-refractivity contribution in [2.45, 2.75) is 24.9 Å². The Hall–Kier alpha value is -3.96. The van der Waals surface area contributed by atoms with Gasteiger partial charge in [-0.15, -0.1) is 0 Å². The zero-order valence-electron chi connectivity index (χ0n) is 22.5. The number of esters is 1. The van der Waals surface area contributed by atoms with Crippen LogP contribution in [0.15, 0.2) is 89.9 Å². The van der Waals surface area contributed by atoms with E-state index in [0.29, 0.717) is 17.7 Å². The maximum atomic E-state index is 13.5. The van der Waals surface area contributed by atoms with Crippen LogP contribution in [0.4, 0.5) is 0 Å². The van der Waals surface area contributed by atoms with Gasteiger partial charge in [0.2, 0.25) is 0 Å². The van der Waals surface area contributed by atoms with E-state index in [1.807, 2.05) is 48.5 Å². The number of rotatable bonds is 7. The van der Waals surface area contributed by atoms with Gasteiger partial charge in [0.25, 0.3) is 0 Å². The highest BCUT2D eigenvalue weighted by molar-refractivity contribution is 6.18. The molecule has 38 heavy (non-hydrogen) atoms. The van der Waals surface area contributed by atoms with Gasteiger partial charge in [-0.3, -0.25) is 4.99 Å². The van der Waals surface area contributed by atoms with Gasteiger partial charge in [-0.05, 0) is 44.4 Å². The fraction of sp³-hybridized carbons (Fsp3) is 0.273. The Morgan fingerprint density at radius 2 is 1.50 bits per heavy atom. The van der Waals surface area contributed by atoms with Gasteiger partial charge >= 0.3 is 5.97 Å². The number of fused-ring (bicyclic) bond motifs is 3. The molecule has 0 fully saturated rings. The zero-order valence-corrected chi connectivity index (χ0v) is 22.5. The fourth-order valence-corrected chi connectivity index (χ4v) is 5.65. The molecule has 5 heteroatoms. The van der Waals surface area contributed by atoms with Crippen LogP contribution in [0.1, 0.15) is 45.5 Å². The molecule has 5 nitrogen and oxygen atoms in total. The molecule has 0 saturated heterocycles. The highest BCUT2D eigenvalue weighted by Crippen LogP contribution is 2.49. The molecule has 1 aliphatic rings. The first-order valence-corrected chi connectivity index (χ1v) is 13.1. The third kappa shape index (κ3) is 4.48. The minimum Gasteiger partial charge on any atom is -0.476 e. The van der Waals surface area contributed by atoms with Crippen LogP contribution in [-0.2, 0) is 16.8 Å². The molecule has 194 valence electrons. The molecule has 1 heterocycles. The first-order valence-electron chi connectivity index (χ1n) is 13.1. The average Bonchev–Trinajstić information content (AvgIpc) is 2.97. The van der Waals surface area contributed by atoms with Gasteiger partial charge in [-0.1, -0.05) is 84.9 Å². The van der Waals surface area contributed by atoms with Gasteiger partial charge in [0.05, 0.1) is 23.9 Å². The third-order valence-electron chi connectivity index (χ3n) is 7.43. The lowest BCUT2D eigenvalue weighted by Gasteiger charge is -2.41. The van der Waals surface area contributed by atoms with Crippen LogP contribution in [-0.4, -0.2) is 51.4 Å². The second-order valence-electron chi connectivity index (χ2n) is 10.0. The number of aliphatic imine (C=N–C) groups is 1. The number of nitrogens with zero attached hydrogens (tertiary/aromatic N) is 2. The summed E-state index contributed by atoms with van der Waals surface area (Å²) in [7, 11) is 7.37. The molecule has 0 unspecified atom stereocenters. The van der Waals surface area contributed by atoms with Crippen LogP contribution >= 0.6 is 0 Å². The Morgan fingerprint density at radius 1 is 0.921 bits per heavy atom. The van der Waals surface area contributed by atoms with E-state index < -0.39 is 5.60 Å². The number of aryl methyl sites for hydroxylation is 1. The fourth-order valence-electron chi connectivity index (χ4n) is 5.65. The summed E-state index contributed by atoms with van der Waals surface area (Å²) in [6, 6.07) is 28.8. The smallest absolute Gasteiger partial charge is 0.338 e. The predicted octanol–water partition coefficient (Wildman–Crippen LogP) is 6.27. The van der Waals surface area contributed by atoms with E-state index >= 15 is 0 Å². The second kappa shape index (κ2) is 10.8. The van der Waals surface area contributed by atoms with Crippen molar-refractivity contribution in [2.75, 3.05) is 34.8 Å². The lowest BCUT2D eigenvalue weighted by atomic mass is 9.76. The summed E-state index contributed by atoms with van der Waals surface area (Å²) < 4.78 is 12.5. The van der Waals surface area contributed by atoms with E-state index in [4.69, 9.17) is 14.5 Å². The molecule has 4 aromatic carbocycles. The number of hydrogen-bond donors (Lipinski definition) is 0. The molecule has 1 aliphatic heterocycles. The van der Waals surface area contributed by atoms with E-state index in [1.165, 1.54) is 7.11 Å². The molecular formula is C33H34N2O3. The highest BCUT2D eigenvalue weighted by Gasteiger charge is 2.45. The lowest BCUT2D eigenvalue weighted by molar-refractivity contribution is 0.0595. The van der Waals surface area contributed by atoms with Crippen molar-refractivity contribution < 1.29 is 14.3 Å². The van der Waals surface area contributed by atoms with Crippen molar-refractivity contribution in [3.05, 3.63) is 113 Å². The van der Waals surface area contributed by atoms with Crippen LogP contribution in [0, 0.1) is 0 Å². The standard InChI is InChI=1S/C33H34N2O3/c1-34-28-22-33(23-14-7-5-8-15-23,24-16-9-6-10-17-24)38-31-27-19-12-11-18-25(27)26(20-13-21-35(2)3)29(30(28)31)32(36)37-4/h5-12,14-19H,13,20-22H2,1-4H3. The summed E-state index contributed by atoms with van der Waals surface area (Å²) in [6.07, 6.45) is 2.15. The molecule has 0 bridgehead atoms. The van der Waals surface area contributed by atoms with Gasteiger partial charge in [0, 0.05) is 30.0 Å². The first kappa shape index (κ1) is 25.7. The van der Waals surface area contributed by atoms with Crippen LogP contribution in [0.5, 0.6) is 5.75 Å². The SMILES string of the molecule is CN=C1CC(c2ccccc2)(c2ccccc2)Oc2c1c(C(=O)OC)c(CCCN(C)C)c1ccccc21. The number of carbonyl (C=O) groups is 1. The summed E-state index contributed by atoms with van der Waals surface area (Å²) >= 11 is 0. The Kier molecular flexibility index (Phi) is 7.30. The van der Waals surface area contributed by atoms with Crippen molar-refractivity contribution in [3.63, 3.8) is 0 Å². The Morgan fingerprint density at radius 3 is 2.05 bits per heavy atom. The molecule has 0 spiro atoms. The molecule has 0 amide bonds. The van der Waals surface area contributed by atoms with Gasteiger partial charge in [0.1, 0.15) is 5.75 Å². The monoisotopic (exact) mass is 506 g/mol. The number of ether oxygens (including phenoxy) is 2. The van der Waals surface area contributed by atoms with Crippen molar-refractivity contribution >= 4 is 22.5 Å². The third-order valence-corrected chi connectivity index (χ3v) is 7.43. The Balaban J connectivity index is 1.83. The van der Waals surface area contributed by atoms with Crippen LogP contribution in [0.3, 0.4) is 0 Å². The van der Waals surface area contributed by atoms with Crippen LogP contribution in [0.25, 0.3) is 10.8 Å². The summed E-state index contributed by atoms with van der Waals surface area (Å²) in [5.41, 5.74) is 4.42. The van der Waals surface area contributed by atoms with E-state index in [1.54, 1.807) is 7.05 Å². The molecule has 0 saturated carbocycles. The van der Waals surface area contributed by atoms with Crippen molar-refractivity contribution in [3.8, 4) is 5.75 Å². The van der Waals surface area contributed by atoms with E-state index in [2.05, 4.69) is 55.4 Å². The second-order valence-corrected chi connectivity index (χ2v) is 10.0. The van der Waals surface area contributed by atoms with Crippen molar-refractivity contribution in [1.82, 2.24) is 4.90 Å². The minimum atomic E-state index is -0.799. The maximum Gasteiger partial charge on any atom is 0.338 e. The predicted molar refractivity (Wildman–Crippen MR) is 154 cm³/mol. The maximum absolute atomic E-state index is 13.5. The topological polar surface area (TPSA) is 51.1 Å². The first-order chi connectivity index (χ1) is 18.5. The van der Waals surface area contributed by atoms with Gasteiger partial charge in [0.15, 0.2) is 5.60 Å². The number of benzene rings is 4. The average molecular weight is 507 g/mol. The molecule has 0 N–H and O–H groups in total. The van der Waals surface area contributed by atoms with E-state index in [-0.39, 0.29) is 5.97 Å². The molecule has 0 radical (unpaired) electrons. The number of carbonyl (C=O) groups excluding carboxylic acids is 1. The highest BCUT2D eigenvalue weighted by atomic mass is 16.5. The summed E-state index contributed by atoms with van der Waals surface area (Å²) in [5.74, 6) is 0.320. The number of hydrogen-bond acceptors (Lipinski definition) is 5. The minimum absolute atomic E-state index is 0.358. The largest absolute Gasteiger partial charge is 0.476 e. The number of methoxy groups -OCH3 is 1. The Labute approximate surface area is 224 Å². The molecule has 0 atom stereocenters. The van der Waals surface area contributed by atoms with Crippen LogP contribution in [0.2, 0.25) is 0 Å². The lowest BCUT2D eigenvalue weighted by Crippen LogP contribution is -2.41. The summed E-state index contributed by atoms with van der Waals surface area (Å²) in [4.78, 5) is 20.4. The summed E-state index contributed by atoms with van der Waals surface area (Å²) in [6.45, 7) is 0.919. The van der Waals surface area contributed by atoms with Gasteiger partial charge in [-0.2, -0.15) is 0 Å². The van der Waals surface area contributed by atoms with Crippen molar-refractivity contribution in [2.24, 2.45) is 4.99 Å². The van der Waals surface area contributed by atoms with Gasteiger partial charge < -0.3 is 14.4 Å². The zero-order chi connectivity index (χ0) is 26.7. The van der Waals surface area contributed by atoms with Crippen molar-refractivity contribution in [1.29, 1.82) is 0 Å². The van der Waals surface area contributed by atoms with E-state index in [9.17, 15) is 4.79 Å². The van der Waals surface area contributed by atoms with E-state index in [0.717, 1.165) is 58.1 Å². The van der Waals surface area contributed by atoms with Crippen LogP contribution < -0.4 is 4.74 Å². The molecule has 5 rings (SSSR count). The molecular weight excluding hydrogens is 472 g/mol. The van der Waals surface area contributed by atoms with Gasteiger partial charge in [-0.25, -0.2) is 4.79 Å². The Bertz CT molecular complexity index is 1440. The summed E-state index contributed by atoms with van der Waals surface area (Å²) in [5, 5.41) is 1.99. The quantitative estimate of drug-likeness (QED) is 0.277. The molecule has 0 aliphatic carbocycles. The normalized spacial score (nSPS) is 15.3.